The number of nitrogens with one attached hydrogen (secondary N) is 1. The van der Waals surface area contributed by atoms with Crippen molar-refractivity contribution in [1.29, 1.82) is 0 Å². The summed E-state index contributed by atoms with van der Waals surface area (Å²) in [6, 6.07) is 13.1. The van der Waals surface area contributed by atoms with Crippen LogP contribution in [0.3, 0.4) is 0 Å². The lowest BCUT2D eigenvalue weighted by Gasteiger charge is -2.21. The van der Waals surface area contributed by atoms with Gasteiger partial charge < -0.3 is 9.47 Å². The maximum Gasteiger partial charge on any atom is 0.229 e. The van der Waals surface area contributed by atoms with Gasteiger partial charge in [0.15, 0.2) is 21.4 Å². The lowest BCUT2D eigenvalue weighted by molar-refractivity contribution is 0.292. The molecule has 0 aliphatic heterocycles. The van der Waals surface area contributed by atoms with E-state index < -0.39 is 30.4 Å². The summed E-state index contributed by atoms with van der Waals surface area (Å²) in [5.74, 6) is -0.954. The Morgan fingerprint density at radius 1 is 1.05 bits per heavy atom. The Morgan fingerprint density at radius 2 is 1.74 bits per heavy atom. The van der Waals surface area contributed by atoms with E-state index in [9.17, 15) is 16.8 Å². The van der Waals surface area contributed by atoms with Crippen molar-refractivity contribution in [2.75, 3.05) is 18.1 Å². The summed E-state index contributed by atoms with van der Waals surface area (Å²) in [5, 5.41) is 0. The highest BCUT2D eigenvalue weighted by Gasteiger charge is 2.34. The Kier molecular flexibility index (Phi) is 7.15. The van der Waals surface area contributed by atoms with Gasteiger partial charge in [-0.2, -0.15) is 0 Å². The number of methoxy groups -OCH3 is 1. The first-order valence-corrected chi connectivity index (χ1v) is 14.9. The molecule has 0 saturated heterocycles. The Balaban J connectivity index is 1.87. The van der Waals surface area contributed by atoms with Crippen LogP contribution in [0.25, 0.3) is 16.9 Å². The normalized spacial score (nSPS) is 12.5. The summed E-state index contributed by atoms with van der Waals surface area (Å²) in [6.07, 6.45) is 3.76. The largest absolute Gasteiger partial charge is 0.495 e. The van der Waals surface area contributed by atoms with Gasteiger partial charge in [0.25, 0.3) is 0 Å². The van der Waals surface area contributed by atoms with Gasteiger partial charge in [0.05, 0.1) is 35.7 Å². The van der Waals surface area contributed by atoms with E-state index in [1.54, 1.807) is 32.9 Å². The predicted molar refractivity (Wildman–Crippen MR) is 143 cm³/mol. The highest BCUT2D eigenvalue weighted by molar-refractivity contribution is 7.93. The summed E-state index contributed by atoms with van der Waals surface area (Å²) in [7, 11) is -6.26. The number of rotatable bonds is 8. The monoisotopic (exact) mass is 561 g/mol. The maximum atomic E-state index is 15.4. The van der Waals surface area contributed by atoms with Crippen LogP contribution >= 0.6 is 0 Å². The molecule has 4 aromatic rings. The third kappa shape index (κ3) is 5.46. The summed E-state index contributed by atoms with van der Waals surface area (Å²) in [6.45, 7) is 4.74. The number of hydrogen-bond acceptors (Lipinski definition) is 7. The number of aromatic nitrogens is 2. The van der Waals surface area contributed by atoms with Crippen LogP contribution in [0.1, 0.15) is 26.3 Å². The second-order valence-electron chi connectivity index (χ2n) is 9.68. The highest BCUT2D eigenvalue weighted by atomic mass is 32.2. The first-order valence-electron chi connectivity index (χ1n) is 11.5. The van der Waals surface area contributed by atoms with Crippen LogP contribution in [-0.4, -0.2) is 44.3 Å². The molecule has 0 fully saturated rings. The quantitative estimate of drug-likeness (QED) is 0.332. The summed E-state index contributed by atoms with van der Waals surface area (Å²) >= 11 is 0. The SMILES string of the molecule is COc1cc2ncc(-c3cc(F)c(OCc4ccccc4)c(NS(C)(=O)=O)c3)n2cc1S(=O)(=O)C(C)(C)C. The van der Waals surface area contributed by atoms with Crippen molar-refractivity contribution in [3.63, 3.8) is 0 Å². The minimum absolute atomic E-state index is 0.0129. The van der Waals surface area contributed by atoms with E-state index in [0.717, 1.165) is 11.8 Å². The molecule has 0 unspecified atom stereocenters. The van der Waals surface area contributed by atoms with Crippen molar-refractivity contribution >= 4 is 31.2 Å². The number of imidazole rings is 1. The fourth-order valence-corrected chi connectivity index (χ4v) is 5.65. The number of sulfone groups is 1. The smallest absolute Gasteiger partial charge is 0.229 e. The molecule has 0 saturated carbocycles. The topological polar surface area (TPSA) is 116 Å². The van der Waals surface area contributed by atoms with Crippen LogP contribution in [0.4, 0.5) is 10.1 Å². The fraction of sp³-hybridized carbons (Fsp3) is 0.269. The second-order valence-corrected chi connectivity index (χ2v) is 14.1. The Morgan fingerprint density at radius 3 is 2.34 bits per heavy atom. The van der Waals surface area contributed by atoms with Crippen LogP contribution in [0.5, 0.6) is 11.5 Å². The van der Waals surface area contributed by atoms with Gasteiger partial charge in [0.1, 0.15) is 22.9 Å². The van der Waals surface area contributed by atoms with Crippen molar-refractivity contribution in [1.82, 2.24) is 9.38 Å². The molecule has 0 aliphatic carbocycles. The van der Waals surface area contributed by atoms with Gasteiger partial charge in [-0.15, -0.1) is 0 Å². The minimum atomic E-state index is -3.83. The molecule has 202 valence electrons. The van der Waals surface area contributed by atoms with E-state index in [1.165, 1.54) is 42.1 Å². The molecular weight excluding hydrogens is 533 g/mol. The number of pyridine rings is 1. The number of fused-ring (bicyclic) bond motifs is 1. The van der Waals surface area contributed by atoms with Gasteiger partial charge in [-0.1, -0.05) is 30.3 Å². The lowest BCUT2D eigenvalue weighted by atomic mass is 10.1. The standard InChI is InChI=1S/C26H28FN3O6S2/c1-26(2,3)38(33,34)23-15-30-21(14-28-24(30)13-22(23)35-4)18-11-19(27)25(20(12-18)29-37(5,31)32)36-16-17-9-7-6-8-10-17/h6-15,29H,16H2,1-5H3. The molecule has 0 atom stereocenters. The Bertz CT molecular complexity index is 1710. The molecule has 0 aliphatic rings. The van der Waals surface area contributed by atoms with Crippen LogP contribution in [0.2, 0.25) is 0 Å². The lowest BCUT2D eigenvalue weighted by Crippen LogP contribution is -2.28. The fourth-order valence-electron chi connectivity index (χ4n) is 3.78. The molecule has 4 rings (SSSR count). The van der Waals surface area contributed by atoms with E-state index in [1.807, 2.05) is 18.2 Å². The van der Waals surface area contributed by atoms with Crippen LogP contribution in [0.15, 0.2) is 65.8 Å². The predicted octanol–water partition coefficient (Wildman–Crippen LogP) is 4.67. The van der Waals surface area contributed by atoms with Gasteiger partial charge >= 0.3 is 0 Å². The van der Waals surface area contributed by atoms with Crippen LogP contribution in [0, 0.1) is 5.82 Å². The third-order valence-corrected chi connectivity index (χ3v) is 8.84. The maximum absolute atomic E-state index is 15.4. The summed E-state index contributed by atoms with van der Waals surface area (Å²) < 4.78 is 79.8. The first-order chi connectivity index (χ1) is 17.7. The average molecular weight is 562 g/mol. The van der Waals surface area contributed by atoms with Gasteiger partial charge in [-0.05, 0) is 38.5 Å². The van der Waals surface area contributed by atoms with Crippen molar-refractivity contribution in [2.45, 2.75) is 37.0 Å². The van der Waals surface area contributed by atoms with Gasteiger partial charge in [-0.25, -0.2) is 26.2 Å². The first kappa shape index (κ1) is 27.4. The van der Waals surface area contributed by atoms with E-state index >= 15 is 4.39 Å². The zero-order valence-corrected chi connectivity index (χ0v) is 23.2. The zero-order valence-electron chi connectivity index (χ0n) is 21.5. The molecule has 38 heavy (non-hydrogen) atoms. The van der Waals surface area contributed by atoms with E-state index in [-0.39, 0.29) is 34.3 Å². The molecule has 2 aromatic heterocycles. The molecule has 2 heterocycles. The molecule has 0 bridgehead atoms. The van der Waals surface area contributed by atoms with Crippen molar-refractivity contribution in [2.24, 2.45) is 0 Å². The van der Waals surface area contributed by atoms with Crippen molar-refractivity contribution < 1.29 is 30.7 Å². The molecule has 0 radical (unpaired) electrons. The van der Waals surface area contributed by atoms with E-state index in [4.69, 9.17) is 9.47 Å². The van der Waals surface area contributed by atoms with Crippen molar-refractivity contribution in [3.05, 3.63) is 72.3 Å². The highest BCUT2D eigenvalue weighted by Crippen LogP contribution is 2.37. The number of sulfonamides is 1. The van der Waals surface area contributed by atoms with Crippen molar-refractivity contribution in [3.8, 4) is 22.8 Å². The zero-order chi connectivity index (χ0) is 27.9. The van der Waals surface area contributed by atoms with Crippen LogP contribution in [-0.2, 0) is 26.5 Å². The Labute approximate surface area is 221 Å². The van der Waals surface area contributed by atoms with Gasteiger partial charge in [-0.3, -0.25) is 9.12 Å². The summed E-state index contributed by atoms with van der Waals surface area (Å²) in [5.41, 5.74) is 1.59. The number of nitrogens with zero attached hydrogens (tertiary/aromatic N) is 2. The molecule has 0 spiro atoms. The van der Waals surface area contributed by atoms with E-state index in [0.29, 0.717) is 11.3 Å². The minimum Gasteiger partial charge on any atom is -0.495 e. The molecule has 2 aromatic carbocycles. The molecular formula is C26H28FN3O6S2. The van der Waals surface area contributed by atoms with E-state index in [2.05, 4.69) is 9.71 Å². The molecule has 12 heteroatoms. The van der Waals surface area contributed by atoms with Gasteiger partial charge in [0, 0.05) is 17.8 Å². The van der Waals surface area contributed by atoms with Gasteiger partial charge in [0.2, 0.25) is 10.0 Å². The Hall–Kier alpha value is -3.64. The third-order valence-electron chi connectivity index (χ3n) is 5.75. The second kappa shape index (κ2) is 9.91. The number of ether oxygens (including phenoxy) is 2. The number of anilines is 1. The molecule has 9 nitrogen and oxygen atoms in total. The number of benzene rings is 2. The van der Waals surface area contributed by atoms with Crippen LogP contribution < -0.4 is 14.2 Å². The number of halogens is 1. The average Bonchev–Trinajstić information content (AvgIpc) is 3.24. The summed E-state index contributed by atoms with van der Waals surface area (Å²) in [4.78, 5) is 4.26. The molecule has 0 amide bonds. The molecule has 1 N–H and O–H groups in total. The number of hydrogen-bond donors (Lipinski definition) is 1.